The molecule has 0 amide bonds. The quantitative estimate of drug-likeness (QED) is 0.870. The number of hydrogen-bond donors (Lipinski definition) is 0. The lowest BCUT2D eigenvalue weighted by atomic mass is 10.1. The second-order valence-corrected chi connectivity index (χ2v) is 5.72. The highest BCUT2D eigenvalue weighted by molar-refractivity contribution is 6.32. The number of anilines is 1. The predicted octanol–water partition coefficient (Wildman–Crippen LogP) is 3.49. The van der Waals surface area contributed by atoms with Gasteiger partial charge in [0.25, 0.3) is 0 Å². The van der Waals surface area contributed by atoms with Crippen LogP contribution in [-0.2, 0) is 0 Å². The highest BCUT2D eigenvalue weighted by Gasteiger charge is 2.22. The van der Waals surface area contributed by atoms with E-state index in [-0.39, 0.29) is 6.10 Å². The molecule has 1 aliphatic heterocycles. The second-order valence-electron chi connectivity index (χ2n) is 5.31. The summed E-state index contributed by atoms with van der Waals surface area (Å²) in [5.74, 6) is 1.76. The Morgan fingerprint density at radius 2 is 1.90 bits per heavy atom. The van der Waals surface area contributed by atoms with Gasteiger partial charge in [-0.2, -0.15) is 0 Å². The molecule has 2 aromatic rings. The van der Waals surface area contributed by atoms with E-state index in [0.29, 0.717) is 5.02 Å². The predicted molar refractivity (Wildman–Crippen MR) is 84.1 cm³/mol. The molecule has 1 aromatic heterocycles. The molecule has 0 spiro atoms. The van der Waals surface area contributed by atoms with E-state index in [1.54, 1.807) is 6.20 Å². The first-order chi connectivity index (χ1) is 10.2. The summed E-state index contributed by atoms with van der Waals surface area (Å²) in [5.41, 5.74) is 1.25. The summed E-state index contributed by atoms with van der Waals surface area (Å²) in [4.78, 5) is 10.4. The third-order valence-electron chi connectivity index (χ3n) is 3.71. The third-order valence-corrected chi connectivity index (χ3v) is 3.98. The van der Waals surface area contributed by atoms with Gasteiger partial charge < -0.3 is 9.64 Å². The van der Waals surface area contributed by atoms with Crippen molar-refractivity contribution in [2.24, 2.45) is 0 Å². The lowest BCUT2D eigenvalue weighted by molar-refractivity contribution is 0.170. The third kappa shape index (κ3) is 3.45. The van der Waals surface area contributed by atoms with Gasteiger partial charge in [0.1, 0.15) is 23.2 Å². The average Bonchev–Trinajstić information content (AvgIpc) is 2.51. The molecule has 21 heavy (non-hydrogen) atoms. The molecular weight excluding hydrogens is 286 g/mol. The van der Waals surface area contributed by atoms with E-state index in [4.69, 9.17) is 16.3 Å². The fraction of sp³-hybridized carbons (Fsp3) is 0.375. The van der Waals surface area contributed by atoms with E-state index in [1.807, 2.05) is 12.1 Å². The van der Waals surface area contributed by atoms with Crippen molar-refractivity contribution in [3.05, 3.63) is 47.4 Å². The molecule has 3 rings (SSSR count). The molecule has 1 aromatic carbocycles. The van der Waals surface area contributed by atoms with Gasteiger partial charge in [-0.05, 0) is 19.1 Å². The maximum atomic E-state index is 6.14. The maximum Gasteiger partial charge on any atom is 0.150 e. The molecule has 0 aliphatic carbocycles. The Bertz CT molecular complexity index is 595. The number of piperidine rings is 1. The molecule has 0 radical (unpaired) electrons. The minimum atomic E-state index is 0.254. The van der Waals surface area contributed by atoms with Crippen molar-refractivity contribution in [3.8, 4) is 5.75 Å². The Labute approximate surface area is 129 Å². The number of benzene rings is 1. The minimum Gasteiger partial charge on any atom is -0.490 e. The van der Waals surface area contributed by atoms with Gasteiger partial charge in [0.2, 0.25) is 0 Å². The number of rotatable bonds is 3. The first-order valence-electron chi connectivity index (χ1n) is 7.16. The Hall–Kier alpha value is -1.81. The van der Waals surface area contributed by atoms with Gasteiger partial charge >= 0.3 is 0 Å². The minimum absolute atomic E-state index is 0.254. The molecular formula is C16H18ClN3O. The molecule has 0 unspecified atom stereocenters. The van der Waals surface area contributed by atoms with Crippen molar-refractivity contribution in [2.45, 2.75) is 25.9 Å². The fourth-order valence-corrected chi connectivity index (χ4v) is 2.76. The summed E-state index contributed by atoms with van der Waals surface area (Å²) < 4.78 is 6.03. The zero-order valence-corrected chi connectivity index (χ0v) is 12.8. The Balaban J connectivity index is 1.58. The normalized spacial score (nSPS) is 16.0. The molecule has 0 bridgehead atoms. The molecule has 1 aliphatic rings. The van der Waals surface area contributed by atoms with Crippen LogP contribution in [0.25, 0.3) is 0 Å². The number of ether oxygens (including phenoxy) is 1. The summed E-state index contributed by atoms with van der Waals surface area (Å²) in [6.07, 6.45) is 5.36. The Morgan fingerprint density at radius 3 is 2.57 bits per heavy atom. The molecule has 2 heterocycles. The van der Waals surface area contributed by atoms with Crippen molar-refractivity contribution >= 4 is 17.4 Å². The molecule has 1 saturated heterocycles. The zero-order valence-electron chi connectivity index (χ0n) is 12.0. The molecule has 0 saturated carbocycles. The van der Waals surface area contributed by atoms with Gasteiger partial charge in [0.15, 0.2) is 5.82 Å². The standard InChI is InChI=1S/C16H18ClN3O/c1-12-2-4-13(5-3-12)21-14-6-8-20(9-7-14)16-15(17)10-18-11-19-16/h2-5,10-11,14H,6-9H2,1H3. The van der Waals surface area contributed by atoms with Crippen LogP contribution in [0.15, 0.2) is 36.8 Å². The number of hydrogen-bond acceptors (Lipinski definition) is 4. The van der Waals surface area contributed by atoms with Gasteiger partial charge in [-0.3, -0.25) is 0 Å². The van der Waals surface area contributed by atoms with Crippen LogP contribution in [0.2, 0.25) is 5.02 Å². The van der Waals surface area contributed by atoms with Gasteiger partial charge in [-0.1, -0.05) is 29.3 Å². The van der Waals surface area contributed by atoms with Gasteiger partial charge in [0.05, 0.1) is 6.20 Å². The summed E-state index contributed by atoms with van der Waals surface area (Å²) in [6.45, 7) is 3.87. The Kier molecular flexibility index (Phi) is 4.25. The summed E-state index contributed by atoms with van der Waals surface area (Å²) >= 11 is 6.14. The van der Waals surface area contributed by atoms with Gasteiger partial charge in [-0.25, -0.2) is 9.97 Å². The first kappa shape index (κ1) is 14.1. The summed E-state index contributed by atoms with van der Waals surface area (Å²) in [6, 6.07) is 8.21. The average molecular weight is 304 g/mol. The van der Waals surface area contributed by atoms with Crippen molar-refractivity contribution in [1.29, 1.82) is 0 Å². The van der Waals surface area contributed by atoms with Crippen LogP contribution in [-0.4, -0.2) is 29.2 Å². The molecule has 1 fully saturated rings. The summed E-state index contributed by atoms with van der Waals surface area (Å²) in [5, 5.41) is 0.607. The van der Waals surface area contributed by atoms with E-state index in [2.05, 4.69) is 33.9 Å². The fourth-order valence-electron chi connectivity index (χ4n) is 2.53. The lowest BCUT2D eigenvalue weighted by Gasteiger charge is -2.33. The number of aromatic nitrogens is 2. The van der Waals surface area contributed by atoms with Crippen LogP contribution in [0.1, 0.15) is 18.4 Å². The van der Waals surface area contributed by atoms with Crippen molar-refractivity contribution in [1.82, 2.24) is 9.97 Å². The molecule has 0 atom stereocenters. The maximum absolute atomic E-state index is 6.14. The largest absolute Gasteiger partial charge is 0.490 e. The molecule has 0 N–H and O–H groups in total. The smallest absolute Gasteiger partial charge is 0.150 e. The molecule has 4 nitrogen and oxygen atoms in total. The van der Waals surface area contributed by atoms with Crippen LogP contribution in [0.5, 0.6) is 5.75 Å². The van der Waals surface area contributed by atoms with Crippen LogP contribution >= 0.6 is 11.6 Å². The first-order valence-corrected chi connectivity index (χ1v) is 7.54. The van der Waals surface area contributed by atoms with E-state index in [9.17, 15) is 0 Å². The second kappa shape index (κ2) is 6.31. The lowest BCUT2D eigenvalue weighted by Crippen LogP contribution is -2.38. The monoisotopic (exact) mass is 303 g/mol. The van der Waals surface area contributed by atoms with Crippen molar-refractivity contribution in [2.75, 3.05) is 18.0 Å². The highest BCUT2D eigenvalue weighted by atomic mass is 35.5. The van der Waals surface area contributed by atoms with E-state index in [0.717, 1.165) is 37.5 Å². The summed E-state index contributed by atoms with van der Waals surface area (Å²) in [7, 11) is 0. The highest BCUT2D eigenvalue weighted by Crippen LogP contribution is 2.26. The van der Waals surface area contributed by atoms with Crippen molar-refractivity contribution in [3.63, 3.8) is 0 Å². The zero-order chi connectivity index (χ0) is 14.7. The molecule has 110 valence electrons. The number of nitrogens with zero attached hydrogens (tertiary/aromatic N) is 3. The SMILES string of the molecule is Cc1ccc(OC2CCN(c3ncncc3Cl)CC2)cc1. The number of halogens is 1. The number of aryl methyl sites for hydroxylation is 1. The topological polar surface area (TPSA) is 38.2 Å². The molecule has 5 heteroatoms. The Morgan fingerprint density at radius 1 is 1.19 bits per heavy atom. The van der Waals surface area contributed by atoms with Crippen molar-refractivity contribution < 1.29 is 4.74 Å². The van der Waals surface area contributed by atoms with E-state index >= 15 is 0 Å². The van der Waals surface area contributed by atoms with E-state index in [1.165, 1.54) is 11.9 Å². The van der Waals surface area contributed by atoms with Crippen LogP contribution in [0, 0.1) is 6.92 Å². The van der Waals surface area contributed by atoms with Crippen LogP contribution in [0.3, 0.4) is 0 Å². The van der Waals surface area contributed by atoms with E-state index < -0.39 is 0 Å². The van der Waals surface area contributed by atoms with Crippen LogP contribution in [0.4, 0.5) is 5.82 Å². The van der Waals surface area contributed by atoms with Crippen LogP contribution < -0.4 is 9.64 Å². The van der Waals surface area contributed by atoms with Gasteiger partial charge in [-0.15, -0.1) is 0 Å². The van der Waals surface area contributed by atoms with Gasteiger partial charge in [0, 0.05) is 25.9 Å².